The van der Waals surface area contributed by atoms with E-state index in [2.05, 4.69) is 5.32 Å². The summed E-state index contributed by atoms with van der Waals surface area (Å²) in [6.07, 6.45) is -0.171. The van der Waals surface area contributed by atoms with Crippen molar-refractivity contribution >= 4 is 29.0 Å². The molecule has 6 nitrogen and oxygen atoms in total. The van der Waals surface area contributed by atoms with Crippen molar-refractivity contribution in [3.63, 3.8) is 0 Å². The van der Waals surface area contributed by atoms with E-state index >= 15 is 4.39 Å². The highest BCUT2D eigenvalue weighted by Gasteiger charge is 2.68. The lowest BCUT2D eigenvalue weighted by molar-refractivity contribution is -0.124. The lowest BCUT2D eigenvalue weighted by Crippen LogP contribution is -2.50. The molecule has 1 fully saturated rings. The van der Waals surface area contributed by atoms with Gasteiger partial charge in [0.25, 0.3) is 0 Å². The van der Waals surface area contributed by atoms with Crippen molar-refractivity contribution in [1.82, 2.24) is 4.90 Å². The zero-order chi connectivity index (χ0) is 28.9. The van der Waals surface area contributed by atoms with Crippen molar-refractivity contribution in [3.05, 3.63) is 63.9 Å². The first-order valence-corrected chi connectivity index (χ1v) is 13.4. The summed E-state index contributed by atoms with van der Waals surface area (Å²) in [6, 6.07) is 4.56. The minimum atomic E-state index is -1.64. The molecule has 39 heavy (non-hydrogen) atoms. The Kier molecular flexibility index (Phi) is 8.21. The van der Waals surface area contributed by atoms with Crippen molar-refractivity contribution in [2.45, 2.75) is 76.0 Å². The summed E-state index contributed by atoms with van der Waals surface area (Å²) in [7, 11) is 1.69. The number of anilines is 1. The highest BCUT2D eigenvalue weighted by Crippen LogP contribution is 2.60. The number of ketones is 1. The van der Waals surface area contributed by atoms with Gasteiger partial charge in [-0.25, -0.2) is 13.2 Å². The summed E-state index contributed by atoms with van der Waals surface area (Å²) in [4.78, 5) is 29.8. The number of amides is 1. The van der Waals surface area contributed by atoms with Crippen LogP contribution in [0.15, 0.2) is 30.3 Å². The molecule has 0 aliphatic carbocycles. The average Bonchev–Trinajstić information content (AvgIpc) is 3.26. The number of aliphatic hydroxyl groups excluding tert-OH is 2. The number of fused-ring (bicyclic) bond motifs is 2. The zero-order valence-electron chi connectivity index (χ0n) is 22.4. The van der Waals surface area contributed by atoms with E-state index in [1.54, 1.807) is 11.9 Å². The van der Waals surface area contributed by atoms with E-state index in [-0.39, 0.29) is 52.3 Å². The molecule has 1 saturated heterocycles. The van der Waals surface area contributed by atoms with Gasteiger partial charge in [0.2, 0.25) is 5.91 Å². The Labute approximate surface area is 231 Å². The fraction of sp³-hybridized carbons (Fsp3) is 0.517. The van der Waals surface area contributed by atoms with Gasteiger partial charge in [0.05, 0.1) is 23.8 Å². The van der Waals surface area contributed by atoms with Gasteiger partial charge in [-0.3, -0.25) is 14.5 Å². The summed E-state index contributed by atoms with van der Waals surface area (Å²) in [5.74, 6) is -5.06. The molecule has 4 rings (SSSR count). The van der Waals surface area contributed by atoms with Crippen LogP contribution >= 0.6 is 11.6 Å². The topological polar surface area (TPSA) is 89.9 Å². The number of halogens is 4. The van der Waals surface area contributed by atoms with Gasteiger partial charge in [-0.05, 0) is 55.0 Å². The number of benzene rings is 2. The Bertz CT molecular complexity index is 1280. The van der Waals surface area contributed by atoms with Crippen LogP contribution in [-0.2, 0) is 15.0 Å². The number of Topliss-reactive ketones (excluding diaryl/α,β-unsaturated/α-hetero) is 1. The lowest BCUT2D eigenvalue weighted by Gasteiger charge is -2.39. The third-order valence-electron chi connectivity index (χ3n) is 8.02. The molecule has 2 aliphatic rings. The number of carbonyl (C=O) groups is 2. The second-order valence-electron chi connectivity index (χ2n) is 11.8. The normalized spacial score (nSPS) is 25.7. The number of carbonyl (C=O) groups excluding carboxylic acids is 2. The van der Waals surface area contributed by atoms with Gasteiger partial charge in [-0.1, -0.05) is 44.5 Å². The quantitative estimate of drug-likeness (QED) is 0.421. The number of likely N-dealkylation sites (N-methyl/N-ethyl adjacent to an activating group) is 1. The predicted octanol–water partition coefficient (Wildman–Crippen LogP) is 4.94. The monoisotopic (exact) mass is 566 g/mol. The van der Waals surface area contributed by atoms with Crippen LogP contribution in [0.5, 0.6) is 0 Å². The number of rotatable bonds is 8. The molecular formula is C29H34ClF3N2O4. The number of hydrogen-bond acceptors (Lipinski definition) is 5. The highest BCUT2D eigenvalue weighted by molar-refractivity contribution is 6.30. The molecule has 0 unspecified atom stereocenters. The van der Waals surface area contributed by atoms with Gasteiger partial charge in [0.1, 0.15) is 11.2 Å². The van der Waals surface area contributed by atoms with Crippen molar-refractivity contribution in [2.24, 2.45) is 5.41 Å². The minimum absolute atomic E-state index is 0.00464. The van der Waals surface area contributed by atoms with Crippen LogP contribution in [0.3, 0.4) is 0 Å². The molecule has 1 amide bonds. The number of nitrogens with one attached hydrogen (secondary N) is 1. The molecule has 2 heterocycles. The van der Waals surface area contributed by atoms with Gasteiger partial charge in [0.15, 0.2) is 17.4 Å². The second kappa shape index (κ2) is 10.8. The number of hydrogen-bond donors (Lipinski definition) is 3. The molecule has 10 heteroatoms. The van der Waals surface area contributed by atoms with E-state index < -0.39 is 59.5 Å². The fourth-order valence-electron chi connectivity index (χ4n) is 6.41. The lowest BCUT2D eigenvalue weighted by atomic mass is 9.62. The Morgan fingerprint density at radius 3 is 2.51 bits per heavy atom. The molecule has 2 aliphatic heterocycles. The molecule has 2 aromatic rings. The van der Waals surface area contributed by atoms with Crippen LogP contribution in [0.2, 0.25) is 5.02 Å². The molecule has 212 valence electrons. The maximum absolute atomic E-state index is 15.8. The Hall–Kier alpha value is -2.46. The smallest absolute Gasteiger partial charge is 0.237 e. The number of aliphatic hydroxyl groups is 2. The SMILES string of the molecule is CN1[C@@H](C(=O)CCC[C@H](O)CO)[C@H](c2cccc(Cl)c2F)[C@@]2(C(=O)Nc3cc(F)c(F)cc32)[C@H]1CC(C)(C)C. The highest BCUT2D eigenvalue weighted by atomic mass is 35.5. The van der Waals surface area contributed by atoms with Crippen LogP contribution < -0.4 is 5.32 Å². The maximum Gasteiger partial charge on any atom is 0.237 e. The Morgan fingerprint density at radius 1 is 1.21 bits per heavy atom. The molecule has 5 atom stereocenters. The molecule has 0 aromatic heterocycles. The first kappa shape index (κ1) is 29.5. The van der Waals surface area contributed by atoms with Gasteiger partial charge >= 0.3 is 0 Å². The standard InChI is InChI=1S/C29H34ClF3N2O4/c1-28(2,3)13-23-29(17-11-19(31)20(32)12-21(17)34-27(29)39)24(16-8-6-9-18(30)25(16)33)26(35(23)4)22(38)10-5-7-15(37)14-36/h6,8-9,11-12,15,23-24,26,36-37H,5,7,10,13-14H2,1-4H3,(H,34,39)/t15-,23+,24-,26-,29-/m0/s1. The van der Waals surface area contributed by atoms with Crippen LogP contribution in [0.25, 0.3) is 0 Å². The van der Waals surface area contributed by atoms with Crippen molar-refractivity contribution in [2.75, 3.05) is 19.0 Å². The van der Waals surface area contributed by atoms with Crippen LogP contribution in [0.1, 0.15) is 63.5 Å². The third kappa shape index (κ3) is 5.10. The predicted molar refractivity (Wildman–Crippen MR) is 142 cm³/mol. The fourth-order valence-corrected chi connectivity index (χ4v) is 6.59. The molecule has 2 aromatic carbocycles. The van der Waals surface area contributed by atoms with E-state index in [9.17, 15) is 23.5 Å². The molecule has 0 saturated carbocycles. The Balaban J connectivity index is 1.98. The number of likely N-dealkylation sites (tertiary alicyclic amines) is 1. The molecule has 1 spiro atoms. The summed E-state index contributed by atoms with van der Waals surface area (Å²) in [5, 5.41) is 21.4. The molecular weight excluding hydrogens is 533 g/mol. The Morgan fingerprint density at radius 2 is 1.87 bits per heavy atom. The van der Waals surface area contributed by atoms with Gasteiger partial charge < -0.3 is 15.5 Å². The summed E-state index contributed by atoms with van der Waals surface area (Å²) < 4.78 is 44.8. The molecule has 0 radical (unpaired) electrons. The summed E-state index contributed by atoms with van der Waals surface area (Å²) in [6.45, 7) is 5.46. The average molecular weight is 567 g/mol. The van der Waals surface area contributed by atoms with E-state index in [0.29, 0.717) is 6.42 Å². The maximum atomic E-state index is 15.8. The van der Waals surface area contributed by atoms with Gasteiger partial charge in [0, 0.05) is 30.1 Å². The van der Waals surface area contributed by atoms with E-state index in [4.69, 9.17) is 16.7 Å². The van der Waals surface area contributed by atoms with Gasteiger partial charge in [-0.2, -0.15) is 0 Å². The van der Waals surface area contributed by atoms with Crippen LogP contribution in [0.4, 0.5) is 18.9 Å². The van der Waals surface area contributed by atoms with E-state index in [0.717, 1.165) is 12.1 Å². The third-order valence-corrected chi connectivity index (χ3v) is 8.31. The van der Waals surface area contributed by atoms with Crippen molar-refractivity contribution in [3.8, 4) is 0 Å². The second-order valence-corrected chi connectivity index (χ2v) is 12.2. The first-order chi connectivity index (χ1) is 18.2. The molecule has 3 N–H and O–H groups in total. The minimum Gasteiger partial charge on any atom is -0.394 e. The largest absolute Gasteiger partial charge is 0.394 e. The van der Waals surface area contributed by atoms with E-state index in [1.165, 1.54) is 18.2 Å². The van der Waals surface area contributed by atoms with Crippen molar-refractivity contribution < 1.29 is 33.0 Å². The van der Waals surface area contributed by atoms with Gasteiger partial charge in [-0.15, -0.1) is 0 Å². The van der Waals surface area contributed by atoms with Crippen LogP contribution in [0, 0.1) is 22.9 Å². The van der Waals surface area contributed by atoms with Crippen LogP contribution in [-0.4, -0.2) is 58.6 Å². The van der Waals surface area contributed by atoms with Crippen molar-refractivity contribution in [1.29, 1.82) is 0 Å². The zero-order valence-corrected chi connectivity index (χ0v) is 23.2. The summed E-state index contributed by atoms with van der Waals surface area (Å²) >= 11 is 6.18. The number of nitrogens with zero attached hydrogens (tertiary/aromatic N) is 1. The molecule has 0 bridgehead atoms. The first-order valence-electron chi connectivity index (χ1n) is 13.0. The summed E-state index contributed by atoms with van der Waals surface area (Å²) in [5.41, 5.74) is -1.72. The van der Waals surface area contributed by atoms with E-state index in [1.807, 2.05) is 20.8 Å².